The minimum Gasteiger partial charge on any atom is -0.465 e. The summed E-state index contributed by atoms with van der Waals surface area (Å²) in [5.41, 5.74) is 0. The summed E-state index contributed by atoms with van der Waals surface area (Å²) in [6, 6.07) is -0.234. The topological polar surface area (TPSA) is 56.2 Å². The van der Waals surface area contributed by atoms with Crippen LogP contribution in [0.2, 0.25) is 0 Å². The van der Waals surface area contributed by atoms with Gasteiger partial charge in [-0.05, 0) is 26.3 Å². The van der Waals surface area contributed by atoms with Crippen LogP contribution in [0.15, 0.2) is 12.4 Å². The van der Waals surface area contributed by atoms with Crippen molar-refractivity contribution in [1.82, 2.24) is 14.9 Å². The van der Waals surface area contributed by atoms with Gasteiger partial charge in [0.05, 0.1) is 6.61 Å². The molecule has 1 N–H and O–H groups in total. The average Bonchev–Trinajstić information content (AvgIpc) is 2.82. The zero-order valence-corrected chi connectivity index (χ0v) is 12.2. The molecule has 19 heavy (non-hydrogen) atoms. The van der Waals surface area contributed by atoms with Crippen LogP contribution in [-0.4, -0.2) is 34.7 Å². The van der Waals surface area contributed by atoms with Gasteiger partial charge in [-0.3, -0.25) is 4.79 Å². The Morgan fingerprint density at radius 3 is 2.89 bits per heavy atom. The van der Waals surface area contributed by atoms with Crippen LogP contribution in [0.4, 0.5) is 0 Å². The number of hydrogen-bond acceptors (Lipinski definition) is 4. The number of aromatic nitrogens is 2. The lowest BCUT2D eigenvalue weighted by Gasteiger charge is -2.17. The van der Waals surface area contributed by atoms with Gasteiger partial charge in [-0.25, -0.2) is 4.98 Å². The molecule has 1 rings (SSSR count). The molecule has 5 heteroatoms. The van der Waals surface area contributed by atoms with E-state index in [2.05, 4.69) is 21.8 Å². The van der Waals surface area contributed by atoms with Gasteiger partial charge >= 0.3 is 5.97 Å². The van der Waals surface area contributed by atoms with Crippen molar-refractivity contribution >= 4 is 5.97 Å². The fraction of sp³-hybridized carbons (Fsp3) is 0.714. The van der Waals surface area contributed by atoms with Gasteiger partial charge in [0.25, 0.3) is 0 Å². The smallest absolute Gasteiger partial charge is 0.323 e. The van der Waals surface area contributed by atoms with Crippen molar-refractivity contribution in [3.05, 3.63) is 18.2 Å². The van der Waals surface area contributed by atoms with Gasteiger partial charge in [0, 0.05) is 25.4 Å². The highest BCUT2D eigenvalue weighted by molar-refractivity contribution is 5.75. The lowest BCUT2D eigenvalue weighted by atomic mass is 10.2. The van der Waals surface area contributed by atoms with E-state index in [1.807, 2.05) is 26.2 Å². The molecule has 1 aromatic rings. The predicted octanol–water partition coefficient (Wildman–Crippen LogP) is 1.77. The summed E-state index contributed by atoms with van der Waals surface area (Å²) >= 11 is 0. The van der Waals surface area contributed by atoms with E-state index in [9.17, 15) is 4.79 Å². The number of aryl methyl sites for hydroxylation is 2. The van der Waals surface area contributed by atoms with Gasteiger partial charge in [0.1, 0.15) is 11.9 Å². The number of rotatable bonds is 9. The number of nitrogens with zero attached hydrogens (tertiary/aromatic N) is 2. The second-order valence-corrected chi connectivity index (χ2v) is 4.44. The van der Waals surface area contributed by atoms with Crippen LogP contribution in [0, 0.1) is 0 Å². The average molecular weight is 267 g/mol. The third kappa shape index (κ3) is 5.03. The molecule has 1 atom stereocenters. The first-order valence-corrected chi connectivity index (χ1v) is 7.12. The van der Waals surface area contributed by atoms with Crippen LogP contribution < -0.4 is 5.32 Å². The number of hydrogen-bond donors (Lipinski definition) is 1. The second-order valence-electron chi connectivity index (χ2n) is 4.44. The van der Waals surface area contributed by atoms with E-state index in [-0.39, 0.29) is 12.0 Å². The Morgan fingerprint density at radius 1 is 1.47 bits per heavy atom. The number of likely N-dealkylation sites (N-methyl/N-ethyl adjacent to an activating group) is 1. The van der Waals surface area contributed by atoms with Crippen molar-refractivity contribution in [2.24, 2.45) is 0 Å². The van der Waals surface area contributed by atoms with Crippen LogP contribution in [0.1, 0.15) is 39.4 Å². The molecule has 0 fully saturated rings. The van der Waals surface area contributed by atoms with E-state index in [1.54, 1.807) is 0 Å². The summed E-state index contributed by atoms with van der Waals surface area (Å²) in [5.74, 6) is 0.920. The summed E-state index contributed by atoms with van der Waals surface area (Å²) in [5, 5.41) is 3.17. The summed E-state index contributed by atoms with van der Waals surface area (Å²) in [6.07, 6.45) is 6.56. The maximum Gasteiger partial charge on any atom is 0.323 e. The molecule has 1 unspecified atom stereocenters. The maximum absolute atomic E-state index is 11.8. The third-order valence-electron chi connectivity index (χ3n) is 2.96. The second kappa shape index (κ2) is 8.69. The minimum absolute atomic E-state index is 0.165. The Morgan fingerprint density at radius 2 is 2.26 bits per heavy atom. The lowest BCUT2D eigenvalue weighted by Crippen LogP contribution is -2.38. The molecule has 0 saturated carbocycles. The molecule has 5 nitrogen and oxygen atoms in total. The quantitative estimate of drug-likeness (QED) is 0.693. The van der Waals surface area contributed by atoms with Crippen LogP contribution in [0.3, 0.4) is 0 Å². The van der Waals surface area contributed by atoms with Gasteiger partial charge < -0.3 is 14.6 Å². The first-order chi connectivity index (χ1) is 9.22. The fourth-order valence-electron chi connectivity index (χ4n) is 2.06. The van der Waals surface area contributed by atoms with Crippen molar-refractivity contribution in [3.8, 4) is 0 Å². The number of carbonyl (C=O) groups excluding carboxylic acids is 1. The molecule has 0 aromatic carbocycles. The number of nitrogens with one attached hydrogen (secondary N) is 1. The lowest BCUT2D eigenvalue weighted by molar-refractivity contribution is -0.145. The highest BCUT2D eigenvalue weighted by Crippen LogP contribution is 2.05. The van der Waals surface area contributed by atoms with Crippen molar-refractivity contribution in [3.63, 3.8) is 0 Å². The van der Waals surface area contributed by atoms with Crippen LogP contribution in [0.25, 0.3) is 0 Å². The third-order valence-corrected chi connectivity index (χ3v) is 2.96. The first kappa shape index (κ1) is 15.7. The molecule has 1 aromatic heterocycles. The molecule has 0 saturated heterocycles. The Kier molecular flexibility index (Phi) is 7.18. The zero-order valence-electron chi connectivity index (χ0n) is 12.2. The SMILES string of the molecule is CCCc1nccn1CCC(NCC)C(=O)OCC. The van der Waals surface area contributed by atoms with Crippen molar-refractivity contribution in [2.45, 2.75) is 52.6 Å². The van der Waals surface area contributed by atoms with Crippen LogP contribution >= 0.6 is 0 Å². The molecule has 1 heterocycles. The van der Waals surface area contributed by atoms with Crippen molar-refractivity contribution in [1.29, 1.82) is 0 Å². The first-order valence-electron chi connectivity index (χ1n) is 7.12. The largest absolute Gasteiger partial charge is 0.465 e. The monoisotopic (exact) mass is 267 g/mol. The van der Waals surface area contributed by atoms with E-state index in [0.717, 1.165) is 38.2 Å². The number of carbonyl (C=O) groups is 1. The molecule has 0 aliphatic carbocycles. The minimum atomic E-state index is -0.234. The zero-order chi connectivity index (χ0) is 14.1. The molecule has 108 valence electrons. The van der Waals surface area contributed by atoms with Gasteiger partial charge in [0.2, 0.25) is 0 Å². The number of imidazole rings is 1. The number of esters is 1. The molecular weight excluding hydrogens is 242 g/mol. The summed E-state index contributed by atoms with van der Waals surface area (Å²) in [7, 11) is 0. The van der Waals surface area contributed by atoms with Gasteiger partial charge in [-0.1, -0.05) is 13.8 Å². The molecule has 0 aliphatic rings. The molecule has 0 bridgehead atoms. The molecular formula is C14H25N3O2. The van der Waals surface area contributed by atoms with Gasteiger partial charge in [-0.2, -0.15) is 0 Å². The summed E-state index contributed by atoms with van der Waals surface area (Å²) in [4.78, 5) is 16.1. The van der Waals surface area contributed by atoms with E-state index in [4.69, 9.17) is 4.74 Å². The Labute approximate surface area is 115 Å². The Hall–Kier alpha value is -1.36. The van der Waals surface area contributed by atoms with Gasteiger partial charge in [-0.15, -0.1) is 0 Å². The predicted molar refractivity (Wildman–Crippen MR) is 74.9 cm³/mol. The standard InChI is InChI=1S/C14H25N3O2/c1-4-7-13-16-9-11-17(13)10-8-12(15-5-2)14(18)19-6-3/h9,11-12,15H,4-8,10H2,1-3H3. The normalized spacial score (nSPS) is 12.4. The van der Waals surface area contributed by atoms with E-state index < -0.39 is 0 Å². The van der Waals surface area contributed by atoms with E-state index in [0.29, 0.717) is 6.61 Å². The van der Waals surface area contributed by atoms with Crippen molar-refractivity contribution in [2.75, 3.05) is 13.2 Å². The van der Waals surface area contributed by atoms with E-state index in [1.165, 1.54) is 0 Å². The van der Waals surface area contributed by atoms with Crippen LogP contribution in [0.5, 0.6) is 0 Å². The van der Waals surface area contributed by atoms with E-state index >= 15 is 0 Å². The Balaban J connectivity index is 2.55. The maximum atomic E-state index is 11.8. The van der Waals surface area contributed by atoms with Gasteiger partial charge in [0.15, 0.2) is 0 Å². The molecule has 0 amide bonds. The Bertz CT molecular complexity index is 377. The highest BCUT2D eigenvalue weighted by Gasteiger charge is 2.18. The van der Waals surface area contributed by atoms with Crippen LogP contribution in [-0.2, 0) is 22.5 Å². The summed E-state index contributed by atoms with van der Waals surface area (Å²) < 4.78 is 7.20. The number of ether oxygens (including phenoxy) is 1. The summed E-state index contributed by atoms with van der Waals surface area (Å²) in [6.45, 7) is 7.93. The highest BCUT2D eigenvalue weighted by atomic mass is 16.5. The molecule has 0 aliphatic heterocycles. The molecule has 0 radical (unpaired) electrons. The fourth-order valence-corrected chi connectivity index (χ4v) is 2.06. The van der Waals surface area contributed by atoms with Crippen molar-refractivity contribution < 1.29 is 9.53 Å². The molecule has 0 spiro atoms.